The normalized spacial score (nSPS) is 14.6. The average molecular weight is 444 g/mol. The average Bonchev–Trinajstić information content (AvgIpc) is 3.33. The van der Waals surface area contributed by atoms with E-state index in [1.165, 1.54) is 12.1 Å². The van der Waals surface area contributed by atoms with Gasteiger partial charge in [-0.1, -0.05) is 66.7 Å². The molecule has 1 aliphatic heterocycles. The molecule has 1 aliphatic rings. The topological polar surface area (TPSA) is 52.3 Å². The molecule has 4 aromatic carbocycles. The molecule has 0 fully saturated rings. The molecule has 2 aromatic heterocycles. The van der Waals surface area contributed by atoms with Crippen molar-refractivity contribution in [1.29, 1.82) is 0 Å². The fourth-order valence-corrected chi connectivity index (χ4v) is 4.76. The molecule has 6 aromatic rings. The summed E-state index contributed by atoms with van der Waals surface area (Å²) in [5.74, 6) is 1.41. The first-order chi connectivity index (χ1) is 16.8. The van der Waals surface area contributed by atoms with Crippen molar-refractivity contribution in [2.24, 2.45) is 0 Å². The van der Waals surface area contributed by atoms with Crippen molar-refractivity contribution in [2.45, 2.75) is 5.92 Å². The van der Waals surface area contributed by atoms with Crippen LogP contribution in [0.3, 0.4) is 0 Å². The second-order valence-corrected chi connectivity index (χ2v) is 8.32. The Morgan fingerprint density at radius 3 is 2.47 bits per heavy atom. The summed E-state index contributed by atoms with van der Waals surface area (Å²) in [5, 5.41) is 6.77. The van der Waals surface area contributed by atoms with E-state index in [9.17, 15) is 4.39 Å². The van der Waals surface area contributed by atoms with E-state index in [0.29, 0.717) is 17.4 Å². The Balaban J connectivity index is 1.51. The number of aromatic nitrogens is 4. The highest BCUT2D eigenvalue weighted by molar-refractivity contribution is 5.91. The number of ether oxygens (including phenoxy) is 1. The van der Waals surface area contributed by atoms with Crippen LogP contribution in [0.5, 0.6) is 11.6 Å². The Hall–Kier alpha value is -4.58. The summed E-state index contributed by atoms with van der Waals surface area (Å²) in [6, 6.07) is 28.9. The van der Waals surface area contributed by atoms with Gasteiger partial charge in [0.25, 0.3) is 0 Å². The van der Waals surface area contributed by atoms with Crippen molar-refractivity contribution in [3.63, 3.8) is 0 Å². The highest BCUT2D eigenvalue weighted by atomic mass is 19.1. The summed E-state index contributed by atoms with van der Waals surface area (Å²) in [4.78, 5) is 9.47. The highest BCUT2D eigenvalue weighted by Gasteiger charge is 2.34. The van der Waals surface area contributed by atoms with Gasteiger partial charge in [0.1, 0.15) is 17.9 Å². The summed E-state index contributed by atoms with van der Waals surface area (Å²) < 4.78 is 21.6. The number of fused-ring (bicyclic) bond motifs is 6. The summed E-state index contributed by atoms with van der Waals surface area (Å²) in [6.45, 7) is 0. The lowest BCUT2D eigenvalue weighted by atomic mass is 9.83. The number of nitrogens with zero attached hydrogens (tertiary/aromatic N) is 4. The van der Waals surface area contributed by atoms with Gasteiger partial charge in [-0.15, -0.1) is 5.10 Å². The zero-order valence-corrected chi connectivity index (χ0v) is 17.9. The van der Waals surface area contributed by atoms with Crippen molar-refractivity contribution >= 4 is 16.4 Å². The van der Waals surface area contributed by atoms with Crippen LogP contribution >= 0.6 is 0 Å². The third-order valence-corrected chi connectivity index (χ3v) is 6.33. The molecule has 0 saturated carbocycles. The van der Waals surface area contributed by atoms with Crippen molar-refractivity contribution < 1.29 is 9.13 Å². The second-order valence-electron chi connectivity index (χ2n) is 8.32. The van der Waals surface area contributed by atoms with Crippen molar-refractivity contribution in [1.82, 2.24) is 19.6 Å². The number of rotatable bonds is 2. The highest BCUT2D eigenvalue weighted by Crippen LogP contribution is 2.50. The van der Waals surface area contributed by atoms with Crippen LogP contribution in [0, 0.1) is 5.82 Å². The molecule has 0 radical (unpaired) electrons. The predicted molar refractivity (Wildman–Crippen MR) is 128 cm³/mol. The standard InChI is InChI=1S/C28H17FN4O/c29-20-13-10-19(11-14-20)26-31-27-24-23(18-7-2-1-3-8-18)22-15-12-17-6-4-5-9-21(17)25(22)34-28(24)30-16-33(27)32-26/h1-16,23H. The van der Waals surface area contributed by atoms with Crippen LogP contribution in [-0.4, -0.2) is 19.6 Å². The molecule has 1 atom stereocenters. The van der Waals surface area contributed by atoms with Gasteiger partial charge in [0.15, 0.2) is 11.5 Å². The number of hydrogen-bond donors (Lipinski definition) is 0. The van der Waals surface area contributed by atoms with Gasteiger partial charge in [0.05, 0.1) is 5.56 Å². The molecule has 0 aliphatic carbocycles. The zero-order valence-electron chi connectivity index (χ0n) is 17.9. The lowest BCUT2D eigenvalue weighted by Crippen LogP contribution is -2.15. The van der Waals surface area contributed by atoms with Gasteiger partial charge >= 0.3 is 0 Å². The molecular formula is C28H17FN4O. The summed E-state index contributed by atoms with van der Waals surface area (Å²) in [6.07, 6.45) is 1.62. The Kier molecular flexibility index (Phi) is 4.02. The Labute approximate surface area is 194 Å². The minimum atomic E-state index is -0.298. The SMILES string of the molecule is Fc1ccc(-c2nc3c4c(ncn3n2)Oc2c(ccc3ccccc23)C4c2ccccc2)cc1. The molecule has 1 unspecified atom stereocenters. The quantitative estimate of drug-likeness (QED) is 0.311. The minimum absolute atomic E-state index is 0.133. The molecule has 162 valence electrons. The maximum Gasteiger partial charge on any atom is 0.228 e. The van der Waals surface area contributed by atoms with Crippen LogP contribution in [0.2, 0.25) is 0 Å². The van der Waals surface area contributed by atoms with E-state index in [0.717, 1.165) is 38.8 Å². The third-order valence-electron chi connectivity index (χ3n) is 6.33. The van der Waals surface area contributed by atoms with E-state index >= 15 is 0 Å². The summed E-state index contributed by atoms with van der Waals surface area (Å²) >= 11 is 0. The Bertz CT molecular complexity index is 1690. The molecule has 7 rings (SSSR count). The van der Waals surface area contributed by atoms with Crippen LogP contribution in [0.1, 0.15) is 22.6 Å². The van der Waals surface area contributed by atoms with Crippen LogP contribution in [0.4, 0.5) is 4.39 Å². The van der Waals surface area contributed by atoms with E-state index in [4.69, 9.17) is 9.72 Å². The predicted octanol–water partition coefficient (Wildman–Crippen LogP) is 6.37. The number of benzene rings is 4. The maximum atomic E-state index is 13.5. The molecule has 5 nitrogen and oxygen atoms in total. The van der Waals surface area contributed by atoms with Crippen molar-refractivity contribution in [3.05, 3.63) is 120 Å². The van der Waals surface area contributed by atoms with Crippen LogP contribution < -0.4 is 4.74 Å². The van der Waals surface area contributed by atoms with E-state index in [1.807, 2.05) is 30.3 Å². The van der Waals surface area contributed by atoms with Crippen LogP contribution in [0.25, 0.3) is 27.8 Å². The first-order valence-electron chi connectivity index (χ1n) is 11.0. The third kappa shape index (κ3) is 2.82. The largest absolute Gasteiger partial charge is 0.438 e. The van der Waals surface area contributed by atoms with E-state index in [-0.39, 0.29) is 11.7 Å². The first-order valence-corrected chi connectivity index (χ1v) is 11.0. The monoisotopic (exact) mass is 444 g/mol. The molecule has 0 N–H and O–H groups in total. The second kappa shape index (κ2) is 7.22. The molecule has 3 heterocycles. The summed E-state index contributed by atoms with van der Waals surface area (Å²) in [5.41, 5.74) is 4.43. The lowest BCUT2D eigenvalue weighted by Gasteiger charge is -2.28. The minimum Gasteiger partial charge on any atom is -0.438 e. The van der Waals surface area contributed by atoms with Gasteiger partial charge < -0.3 is 4.74 Å². The molecule has 0 amide bonds. The van der Waals surface area contributed by atoms with Crippen molar-refractivity contribution in [2.75, 3.05) is 0 Å². The van der Waals surface area contributed by atoms with Gasteiger partial charge in [-0.05, 0) is 35.2 Å². The van der Waals surface area contributed by atoms with E-state index in [1.54, 1.807) is 23.0 Å². The molecular weight excluding hydrogens is 427 g/mol. The Morgan fingerprint density at radius 2 is 1.62 bits per heavy atom. The van der Waals surface area contributed by atoms with Gasteiger partial charge in [-0.3, -0.25) is 0 Å². The number of halogens is 1. The first kappa shape index (κ1) is 18.9. The molecule has 0 bridgehead atoms. The fourth-order valence-electron chi connectivity index (χ4n) is 4.76. The molecule has 6 heteroatoms. The smallest absolute Gasteiger partial charge is 0.228 e. The Morgan fingerprint density at radius 1 is 0.824 bits per heavy atom. The summed E-state index contributed by atoms with van der Waals surface area (Å²) in [7, 11) is 0. The number of hydrogen-bond acceptors (Lipinski definition) is 4. The maximum absolute atomic E-state index is 13.5. The van der Waals surface area contributed by atoms with Crippen LogP contribution in [-0.2, 0) is 0 Å². The zero-order chi connectivity index (χ0) is 22.6. The fraction of sp³-hybridized carbons (Fsp3) is 0.0357. The van der Waals surface area contributed by atoms with Crippen LogP contribution in [0.15, 0.2) is 97.3 Å². The van der Waals surface area contributed by atoms with Gasteiger partial charge in [0, 0.05) is 22.4 Å². The van der Waals surface area contributed by atoms with Gasteiger partial charge in [-0.25, -0.2) is 18.9 Å². The van der Waals surface area contributed by atoms with E-state index < -0.39 is 0 Å². The van der Waals surface area contributed by atoms with Crippen molar-refractivity contribution in [3.8, 4) is 23.0 Å². The molecule has 34 heavy (non-hydrogen) atoms. The lowest BCUT2D eigenvalue weighted by molar-refractivity contribution is 0.437. The van der Waals surface area contributed by atoms with E-state index in [2.05, 4.69) is 46.5 Å². The molecule has 0 saturated heterocycles. The van der Waals surface area contributed by atoms with Gasteiger partial charge in [-0.2, -0.15) is 0 Å². The van der Waals surface area contributed by atoms with Gasteiger partial charge in [0.2, 0.25) is 5.88 Å². The molecule has 0 spiro atoms.